The van der Waals surface area contributed by atoms with Gasteiger partial charge >= 0.3 is 0 Å². The molecule has 4 aromatic rings. The first-order chi connectivity index (χ1) is 18.2. The number of rotatable bonds is 5. The molecule has 186 valence electrons. The van der Waals surface area contributed by atoms with E-state index in [1.165, 1.54) is 16.3 Å². The number of benzene rings is 1. The molecule has 1 fully saturated rings. The summed E-state index contributed by atoms with van der Waals surface area (Å²) in [6.45, 7) is 3.09. The van der Waals surface area contributed by atoms with Crippen molar-refractivity contribution < 1.29 is 14.6 Å². The average molecular weight is 512 g/mol. The van der Waals surface area contributed by atoms with Crippen LogP contribution in [0.25, 0.3) is 10.4 Å². The summed E-state index contributed by atoms with van der Waals surface area (Å²) in [6.07, 6.45) is 5.79. The monoisotopic (exact) mass is 511 g/mol. The van der Waals surface area contributed by atoms with Crippen LogP contribution in [0.4, 0.5) is 5.82 Å². The highest BCUT2D eigenvalue weighted by molar-refractivity contribution is 7.17. The third-order valence-corrected chi connectivity index (χ3v) is 7.72. The van der Waals surface area contributed by atoms with E-state index in [0.29, 0.717) is 30.1 Å². The fourth-order valence-corrected chi connectivity index (χ4v) is 5.58. The van der Waals surface area contributed by atoms with Crippen LogP contribution in [0.2, 0.25) is 0 Å². The van der Waals surface area contributed by atoms with Crippen LogP contribution in [0.3, 0.4) is 0 Å². The number of ether oxygens (including phenoxy) is 1. The minimum atomic E-state index is -0.413. The van der Waals surface area contributed by atoms with Crippen molar-refractivity contribution in [3.63, 3.8) is 0 Å². The molecule has 2 aliphatic rings. The summed E-state index contributed by atoms with van der Waals surface area (Å²) in [7, 11) is 0. The Bertz CT molecular complexity index is 1430. The molecule has 37 heavy (non-hydrogen) atoms. The molecule has 0 bridgehead atoms. The molecule has 1 N–H and O–H groups in total. The molecule has 0 saturated carbocycles. The number of nitrogens with zero attached hydrogens (tertiary/aromatic N) is 5. The lowest BCUT2D eigenvalue weighted by molar-refractivity contribution is 0.0714. The standard InChI is InChI=1S/C28H25N5O3S/c34-24-6-2-1-5-21(24)23-16-22(19-4-3-11-29-17-19)31-33(23)28(35)26-9-8-25(37-26)20-7-10-27(30-18-20)32-12-14-36-15-13-32/h1-11,17-18,23,34H,12-16H2. The van der Waals surface area contributed by atoms with Gasteiger partial charge in [0.15, 0.2) is 0 Å². The highest BCUT2D eigenvalue weighted by Crippen LogP contribution is 2.39. The van der Waals surface area contributed by atoms with Crippen LogP contribution < -0.4 is 4.90 Å². The Hall–Kier alpha value is -4.08. The SMILES string of the molecule is O=C(c1ccc(-c2ccc(N3CCOCC3)nc2)s1)N1N=C(c2cccnc2)CC1c1ccccc1O. The fourth-order valence-electron chi connectivity index (χ4n) is 4.65. The van der Waals surface area contributed by atoms with Gasteiger partial charge in [-0.2, -0.15) is 5.10 Å². The molecular weight excluding hydrogens is 486 g/mol. The maximum atomic E-state index is 13.7. The summed E-state index contributed by atoms with van der Waals surface area (Å²) < 4.78 is 5.43. The number of carbonyl (C=O) groups is 1. The second-order valence-electron chi connectivity index (χ2n) is 8.89. The summed E-state index contributed by atoms with van der Waals surface area (Å²) in [4.78, 5) is 26.3. The number of hydrazone groups is 1. The Labute approximate surface area is 218 Å². The predicted octanol–water partition coefficient (Wildman–Crippen LogP) is 4.74. The zero-order valence-corrected chi connectivity index (χ0v) is 20.8. The van der Waals surface area contributed by atoms with Crippen molar-refractivity contribution in [1.82, 2.24) is 15.0 Å². The quantitative estimate of drug-likeness (QED) is 0.416. The number of carbonyl (C=O) groups excluding carboxylic acids is 1. The van der Waals surface area contributed by atoms with Crippen molar-refractivity contribution in [2.45, 2.75) is 12.5 Å². The molecule has 0 radical (unpaired) electrons. The first-order valence-electron chi connectivity index (χ1n) is 12.2. The molecule has 1 amide bonds. The van der Waals surface area contributed by atoms with Gasteiger partial charge in [0, 0.05) is 59.7 Å². The molecule has 3 aromatic heterocycles. The fraction of sp³-hybridized carbons (Fsp3) is 0.214. The van der Waals surface area contributed by atoms with Gasteiger partial charge in [0.05, 0.1) is 29.8 Å². The summed E-state index contributed by atoms with van der Waals surface area (Å²) in [5.41, 5.74) is 3.24. The van der Waals surface area contributed by atoms with E-state index in [2.05, 4.69) is 14.9 Å². The van der Waals surface area contributed by atoms with Crippen LogP contribution in [0.1, 0.15) is 33.3 Å². The van der Waals surface area contributed by atoms with Crippen LogP contribution in [-0.4, -0.2) is 58.0 Å². The van der Waals surface area contributed by atoms with Gasteiger partial charge in [-0.15, -0.1) is 11.3 Å². The Kier molecular flexibility index (Phi) is 6.38. The number of hydrogen-bond acceptors (Lipinski definition) is 8. The van der Waals surface area contributed by atoms with Crippen molar-refractivity contribution in [2.24, 2.45) is 5.10 Å². The van der Waals surface area contributed by atoms with Crippen molar-refractivity contribution in [1.29, 1.82) is 0 Å². The van der Waals surface area contributed by atoms with E-state index in [4.69, 9.17) is 9.84 Å². The highest BCUT2D eigenvalue weighted by Gasteiger charge is 2.35. The summed E-state index contributed by atoms with van der Waals surface area (Å²) >= 11 is 1.41. The van der Waals surface area contributed by atoms with Gasteiger partial charge in [0.2, 0.25) is 0 Å². The molecule has 6 rings (SSSR count). The average Bonchev–Trinajstić information content (AvgIpc) is 3.63. The molecule has 1 atom stereocenters. The number of aromatic hydroxyl groups is 1. The zero-order chi connectivity index (χ0) is 25.2. The largest absolute Gasteiger partial charge is 0.508 e. The van der Waals surface area contributed by atoms with Gasteiger partial charge in [0.25, 0.3) is 5.91 Å². The number of thiophene rings is 1. The van der Waals surface area contributed by atoms with E-state index in [0.717, 1.165) is 40.6 Å². The molecule has 5 heterocycles. The number of phenolic OH excluding ortho intramolecular Hbond substituents is 1. The van der Waals surface area contributed by atoms with Crippen LogP contribution in [-0.2, 0) is 4.74 Å². The molecule has 9 heteroatoms. The lowest BCUT2D eigenvalue weighted by Crippen LogP contribution is -2.36. The van der Waals surface area contributed by atoms with E-state index in [1.54, 1.807) is 24.5 Å². The number of phenols is 1. The van der Waals surface area contributed by atoms with E-state index in [-0.39, 0.29) is 11.7 Å². The highest BCUT2D eigenvalue weighted by atomic mass is 32.1. The maximum Gasteiger partial charge on any atom is 0.284 e. The van der Waals surface area contributed by atoms with Crippen LogP contribution in [0.5, 0.6) is 5.75 Å². The third-order valence-electron chi connectivity index (χ3n) is 6.59. The molecular formula is C28H25N5O3S. The normalized spacial score (nSPS) is 17.6. The Balaban J connectivity index is 1.27. The Morgan fingerprint density at radius 3 is 2.59 bits per heavy atom. The minimum Gasteiger partial charge on any atom is -0.508 e. The zero-order valence-electron chi connectivity index (χ0n) is 20.0. The molecule has 8 nitrogen and oxygen atoms in total. The van der Waals surface area contributed by atoms with E-state index < -0.39 is 6.04 Å². The smallest absolute Gasteiger partial charge is 0.284 e. The van der Waals surface area contributed by atoms with E-state index in [9.17, 15) is 9.90 Å². The number of morpholine rings is 1. The van der Waals surface area contributed by atoms with Gasteiger partial charge in [-0.05, 0) is 36.4 Å². The van der Waals surface area contributed by atoms with Gasteiger partial charge in [-0.3, -0.25) is 9.78 Å². The number of pyridine rings is 2. The van der Waals surface area contributed by atoms with Gasteiger partial charge < -0.3 is 14.7 Å². The van der Waals surface area contributed by atoms with Crippen molar-refractivity contribution in [3.8, 4) is 16.2 Å². The summed E-state index contributed by atoms with van der Waals surface area (Å²) in [5.74, 6) is 0.868. The van der Waals surface area contributed by atoms with Gasteiger partial charge in [-0.25, -0.2) is 9.99 Å². The van der Waals surface area contributed by atoms with Crippen LogP contribution >= 0.6 is 11.3 Å². The Morgan fingerprint density at radius 1 is 0.973 bits per heavy atom. The van der Waals surface area contributed by atoms with Crippen LogP contribution in [0.15, 0.2) is 84.4 Å². The lowest BCUT2D eigenvalue weighted by Gasteiger charge is -2.27. The number of para-hydroxylation sites is 1. The van der Waals surface area contributed by atoms with Crippen LogP contribution in [0, 0.1) is 0 Å². The second kappa shape index (κ2) is 10.1. The third kappa shape index (κ3) is 4.71. The molecule has 1 aromatic carbocycles. The molecule has 1 saturated heterocycles. The number of hydrogen-bond donors (Lipinski definition) is 1. The molecule has 0 aliphatic carbocycles. The Morgan fingerprint density at radius 2 is 1.84 bits per heavy atom. The number of amides is 1. The number of aromatic nitrogens is 2. The summed E-state index contributed by atoms with van der Waals surface area (Å²) in [6, 6.07) is 18.3. The predicted molar refractivity (Wildman–Crippen MR) is 143 cm³/mol. The first-order valence-corrected chi connectivity index (χ1v) is 13.0. The van der Waals surface area contributed by atoms with Crippen molar-refractivity contribution >= 4 is 28.8 Å². The van der Waals surface area contributed by atoms with Crippen molar-refractivity contribution in [3.05, 3.63) is 95.3 Å². The van der Waals surface area contributed by atoms with Gasteiger partial charge in [0.1, 0.15) is 11.6 Å². The number of anilines is 1. The topological polar surface area (TPSA) is 91.2 Å². The molecule has 1 unspecified atom stereocenters. The molecule has 2 aliphatic heterocycles. The minimum absolute atomic E-state index is 0.145. The van der Waals surface area contributed by atoms with Crippen molar-refractivity contribution in [2.75, 3.05) is 31.2 Å². The summed E-state index contributed by atoms with van der Waals surface area (Å²) in [5, 5.41) is 16.8. The maximum absolute atomic E-state index is 13.7. The van der Waals surface area contributed by atoms with E-state index in [1.807, 2.05) is 54.7 Å². The first kappa shape index (κ1) is 23.3. The second-order valence-corrected chi connectivity index (χ2v) is 9.97. The molecule has 0 spiro atoms. The van der Waals surface area contributed by atoms with Gasteiger partial charge in [-0.1, -0.05) is 24.3 Å². The lowest BCUT2D eigenvalue weighted by atomic mass is 9.98. The van der Waals surface area contributed by atoms with E-state index >= 15 is 0 Å².